The van der Waals surface area contributed by atoms with Crippen molar-refractivity contribution in [2.75, 3.05) is 17.6 Å². The predicted octanol–water partition coefficient (Wildman–Crippen LogP) is 3.22. The smallest absolute Gasteiger partial charge is 0.217 e. The average Bonchev–Trinajstić information content (AvgIpc) is 3.04. The maximum absolute atomic E-state index is 12.3. The van der Waals surface area contributed by atoms with E-state index in [0.717, 1.165) is 21.6 Å². The Labute approximate surface area is 155 Å². The summed E-state index contributed by atoms with van der Waals surface area (Å²) >= 11 is 2.86. The van der Waals surface area contributed by atoms with Crippen molar-refractivity contribution in [3.8, 4) is 0 Å². The second-order valence-electron chi connectivity index (χ2n) is 5.97. The number of Topliss-reactive ketones (excluding diaryl/α,β-unsaturated/α-hetero) is 1. The highest BCUT2D eigenvalue weighted by molar-refractivity contribution is 8.01. The first kappa shape index (κ1) is 19.4. The molecule has 0 saturated heterocycles. The fourth-order valence-electron chi connectivity index (χ4n) is 1.88. The van der Waals surface area contributed by atoms with Gasteiger partial charge >= 0.3 is 0 Å². The summed E-state index contributed by atoms with van der Waals surface area (Å²) in [7, 11) is 0. The largest absolute Gasteiger partial charge is 0.360 e. The molecule has 0 aliphatic rings. The van der Waals surface area contributed by atoms with E-state index in [2.05, 4.69) is 34.7 Å². The summed E-state index contributed by atoms with van der Waals surface area (Å²) < 4.78 is 0.780. The Hall–Kier alpha value is -1.93. The number of nitrogens with one attached hydrogen (secondary N) is 2. The Morgan fingerprint density at radius 3 is 2.56 bits per heavy atom. The number of carbonyl (C=O) groups excluding carboxylic acids is 2. The van der Waals surface area contributed by atoms with Gasteiger partial charge in [0.15, 0.2) is 10.1 Å². The van der Waals surface area contributed by atoms with E-state index in [-0.39, 0.29) is 11.7 Å². The zero-order chi connectivity index (χ0) is 18.2. The highest BCUT2D eigenvalue weighted by Crippen LogP contribution is 2.26. The number of hydrogen-bond donors (Lipinski definition) is 2. The molecule has 25 heavy (non-hydrogen) atoms. The van der Waals surface area contributed by atoms with Crippen LogP contribution in [0, 0.1) is 5.92 Å². The van der Waals surface area contributed by atoms with Crippen LogP contribution < -0.4 is 10.6 Å². The van der Waals surface area contributed by atoms with Gasteiger partial charge in [0.05, 0.1) is 5.75 Å². The zero-order valence-electron chi connectivity index (χ0n) is 14.5. The summed E-state index contributed by atoms with van der Waals surface area (Å²) in [6.07, 6.45) is 0. The molecule has 0 fully saturated rings. The lowest BCUT2D eigenvalue weighted by Gasteiger charge is -2.04. The van der Waals surface area contributed by atoms with Gasteiger partial charge in [0.1, 0.15) is 0 Å². The van der Waals surface area contributed by atoms with Crippen molar-refractivity contribution in [2.24, 2.45) is 5.92 Å². The molecular formula is C17H22N4O2S2. The van der Waals surface area contributed by atoms with Gasteiger partial charge in [0.25, 0.3) is 0 Å². The summed E-state index contributed by atoms with van der Waals surface area (Å²) in [6, 6.07) is 7.28. The molecule has 0 spiro atoms. The fraction of sp³-hybridized carbons (Fsp3) is 0.412. The van der Waals surface area contributed by atoms with Crippen molar-refractivity contribution in [1.29, 1.82) is 0 Å². The topological polar surface area (TPSA) is 84.0 Å². The number of ketones is 1. The molecule has 0 aliphatic heterocycles. The van der Waals surface area contributed by atoms with Gasteiger partial charge in [0, 0.05) is 25.6 Å². The number of nitrogens with zero attached hydrogens (tertiary/aromatic N) is 2. The molecule has 1 amide bonds. The minimum absolute atomic E-state index is 0.0444. The maximum Gasteiger partial charge on any atom is 0.217 e. The molecular weight excluding hydrogens is 356 g/mol. The molecule has 0 aliphatic carbocycles. The molecule has 0 atom stereocenters. The normalized spacial score (nSPS) is 10.7. The maximum atomic E-state index is 12.3. The molecule has 0 unspecified atom stereocenters. The molecule has 2 aromatic rings. The lowest BCUT2D eigenvalue weighted by atomic mass is 10.1. The number of rotatable bonds is 9. The van der Waals surface area contributed by atoms with Gasteiger partial charge in [-0.15, -0.1) is 10.2 Å². The van der Waals surface area contributed by atoms with Crippen molar-refractivity contribution in [2.45, 2.75) is 31.7 Å². The first-order valence-corrected chi connectivity index (χ1v) is 9.81. The van der Waals surface area contributed by atoms with Crippen LogP contribution in [0.1, 0.15) is 36.7 Å². The zero-order valence-corrected chi connectivity index (χ0v) is 16.2. The molecule has 1 aromatic heterocycles. The monoisotopic (exact) mass is 378 g/mol. The molecule has 8 heteroatoms. The molecule has 1 heterocycles. The van der Waals surface area contributed by atoms with Crippen LogP contribution in [0.5, 0.6) is 0 Å². The highest BCUT2D eigenvalue weighted by atomic mass is 32.2. The van der Waals surface area contributed by atoms with E-state index in [4.69, 9.17) is 0 Å². The van der Waals surface area contributed by atoms with Crippen LogP contribution in [0.4, 0.5) is 5.13 Å². The SMILES string of the molecule is CC(=O)NCc1ccc(C(=O)CSc2nnc(NCC(C)C)s2)cc1. The van der Waals surface area contributed by atoms with Gasteiger partial charge in [-0.2, -0.15) is 0 Å². The fourth-order valence-corrected chi connectivity index (χ4v) is 3.53. The first-order chi connectivity index (χ1) is 11.9. The van der Waals surface area contributed by atoms with Crippen LogP contribution in [-0.4, -0.2) is 34.2 Å². The summed E-state index contributed by atoms with van der Waals surface area (Å²) in [6.45, 7) is 7.05. The molecule has 6 nitrogen and oxygen atoms in total. The van der Waals surface area contributed by atoms with Crippen LogP contribution in [0.25, 0.3) is 0 Å². The quantitative estimate of drug-likeness (QED) is 0.515. The van der Waals surface area contributed by atoms with Gasteiger partial charge in [0.2, 0.25) is 11.0 Å². The highest BCUT2D eigenvalue weighted by Gasteiger charge is 2.10. The summed E-state index contributed by atoms with van der Waals surface area (Å²) in [5.74, 6) is 0.832. The minimum atomic E-state index is -0.0733. The van der Waals surface area contributed by atoms with Gasteiger partial charge in [-0.05, 0) is 11.5 Å². The molecule has 0 radical (unpaired) electrons. The van der Waals surface area contributed by atoms with Gasteiger partial charge < -0.3 is 10.6 Å². The van der Waals surface area contributed by atoms with Crippen LogP contribution >= 0.6 is 23.1 Å². The second-order valence-corrected chi connectivity index (χ2v) is 8.17. The van der Waals surface area contributed by atoms with E-state index < -0.39 is 0 Å². The van der Waals surface area contributed by atoms with E-state index in [0.29, 0.717) is 23.8 Å². The number of aromatic nitrogens is 2. The average molecular weight is 379 g/mol. The van der Waals surface area contributed by atoms with Gasteiger partial charge in [-0.25, -0.2) is 0 Å². The molecule has 1 aromatic carbocycles. The van der Waals surface area contributed by atoms with Crippen LogP contribution in [-0.2, 0) is 11.3 Å². The third kappa shape index (κ3) is 6.83. The third-order valence-corrected chi connectivity index (χ3v) is 5.23. The van der Waals surface area contributed by atoms with Crippen molar-refractivity contribution in [1.82, 2.24) is 15.5 Å². The molecule has 2 rings (SSSR count). The second kappa shape index (κ2) is 9.53. The Bertz CT molecular complexity index is 714. The standard InChI is InChI=1S/C17H22N4O2S2/c1-11(2)8-19-16-20-21-17(25-16)24-10-15(23)14-6-4-13(5-7-14)9-18-12(3)22/h4-7,11H,8-10H2,1-3H3,(H,18,22)(H,19,20). The molecule has 0 bridgehead atoms. The lowest BCUT2D eigenvalue weighted by Crippen LogP contribution is -2.18. The van der Waals surface area contributed by atoms with Crippen molar-refractivity contribution >= 4 is 39.9 Å². The summed E-state index contributed by atoms with van der Waals surface area (Å²) in [5, 5.41) is 14.9. The molecule has 134 valence electrons. The van der Waals surface area contributed by atoms with Crippen LogP contribution in [0.3, 0.4) is 0 Å². The predicted molar refractivity (Wildman–Crippen MR) is 102 cm³/mol. The number of thioether (sulfide) groups is 1. The summed E-state index contributed by atoms with van der Waals surface area (Å²) in [5.41, 5.74) is 1.62. The Morgan fingerprint density at radius 1 is 1.20 bits per heavy atom. The molecule has 0 saturated carbocycles. The van der Waals surface area contributed by atoms with Crippen molar-refractivity contribution < 1.29 is 9.59 Å². The summed E-state index contributed by atoms with van der Waals surface area (Å²) in [4.78, 5) is 23.2. The number of anilines is 1. The minimum Gasteiger partial charge on any atom is -0.360 e. The third-order valence-electron chi connectivity index (χ3n) is 3.21. The van der Waals surface area contributed by atoms with Crippen molar-refractivity contribution in [3.63, 3.8) is 0 Å². The van der Waals surface area contributed by atoms with Gasteiger partial charge in [-0.1, -0.05) is 61.2 Å². The number of carbonyl (C=O) groups is 2. The van der Waals surface area contributed by atoms with Crippen LogP contribution in [0.2, 0.25) is 0 Å². The number of benzene rings is 1. The number of hydrogen-bond acceptors (Lipinski definition) is 7. The van der Waals surface area contributed by atoms with E-state index in [1.807, 2.05) is 12.1 Å². The van der Waals surface area contributed by atoms with Crippen LogP contribution in [0.15, 0.2) is 28.6 Å². The van der Waals surface area contributed by atoms with E-state index in [1.54, 1.807) is 12.1 Å². The Balaban J connectivity index is 1.82. The Kier molecular flexibility index (Phi) is 7.39. The lowest BCUT2D eigenvalue weighted by molar-refractivity contribution is -0.119. The van der Waals surface area contributed by atoms with Gasteiger partial charge in [-0.3, -0.25) is 9.59 Å². The number of amides is 1. The van der Waals surface area contributed by atoms with E-state index in [1.165, 1.54) is 30.0 Å². The Morgan fingerprint density at radius 2 is 1.92 bits per heavy atom. The molecule has 2 N–H and O–H groups in total. The van der Waals surface area contributed by atoms with E-state index >= 15 is 0 Å². The van der Waals surface area contributed by atoms with Crippen molar-refractivity contribution in [3.05, 3.63) is 35.4 Å². The van der Waals surface area contributed by atoms with E-state index in [9.17, 15) is 9.59 Å². The first-order valence-electron chi connectivity index (χ1n) is 8.01.